The first-order chi connectivity index (χ1) is 4.81. The fourth-order valence-corrected chi connectivity index (χ4v) is 2.03. The van der Waals surface area contributed by atoms with Crippen LogP contribution in [0.2, 0.25) is 5.32 Å². The maximum absolute atomic E-state index is 10.9. The van der Waals surface area contributed by atoms with Crippen molar-refractivity contribution in [2.45, 2.75) is 44.9 Å². The molecule has 0 radical (unpaired) electrons. The molecule has 0 fully saturated rings. The second-order valence-electron chi connectivity index (χ2n) is 2.26. The Kier molecular flexibility index (Phi) is 7.44. The van der Waals surface area contributed by atoms with Crippen molar-refractivity contribution in [3.63, 3.8) is 0 Å². The molecule has 0 bridgehead atoms. The third-order valence-electron chi connectivity index (χ3n) is 1.29. The van der Waals surface area contributed by atoms with Gasteiger partial charge in [-0.25, -0.2) is 0 Å². The van der Waals surface area contributed by atoms with E-state index < -0.39 is 0 Å². The second-order valence-corrected chi connectivity index (χ2v) is 5.03. The summed E-state index contributed by atoms with van der Waals surface area (Å²) in [7, 11) is 0. The Balaban J connectivity index is 3.05. The van der Waals surface area contributed by atoms with Gasteiger partial charge in [0.05, 0.1) is 0 Å². The molecule has 0 atom stereocenters. The van der Waals surface area contributed by atoms with Gasteiger partial charge in [-0.1, -0.05) is 0 Å². The average molecular weight is 207 g/mol. The van der Waals surface area contributed by atoms with E-state index in [0.29, 0.717) is 4.68 Å². The Bertz CT molecular complexity index is 91.3. The number of rotatable bonds is 6. The standard InChI is InChI=1S/C8H16OSe/c1-3-5-6-7-8(9)10-4-2/h3-7H2,1-2H3. The first-order valence-electron chi connectivity index (χ1n) is 3.96. The van der Waals surface area contributed by atoms with E-state index in [2.05, 4.69) is 13.8 Å². The van der Waals surface area contributed by atoms with Crippen molar-refractivity contribution in [2.24, 2.45) is 0 Å². The Morgan fingerprint density at radius 3 is 2.50 bits per heavy atom. The molecular formula is C8H16OSe. The molecule has 0 heterocycles. The molecule has 0 spiro atoms. The van der Waals surface area contributed by atoms with Gasteiger partial charge in [-0.05, 0) is 0 Å². The van der Waals surface area contributed by atoms with Gasteiger partial charge in [0.25, 0.3) is 0 Å². The zero-order valence-electron chi connectivity index (χ0n) is 6.85. The average Bonchev–Trinajstić information content (AvgIpc) is 1.89. The van der Waals surface area contributed by atoms with Crippen LogP contribution in [0, 0.1) is 0 Å². The predicted molar refractivity (Wildman–Crippen MR) is 45.4 cm³/mol. The van der Waals surface area contributed by atoms with Crippen LogP contribution in [0.5, 0.6) is 0 Å². The van der Waals surface area contributed by atoms with Crippen LogP contribution in [0.25, 0.3) is 0 Å². The van der Waals surface area contributed by atoms with E-state index in [9.17, 15) is 4.79 Å². The zero-order chi connectivity index (χ0) is 7.82. The Labute approximate surface area is 69.7 Å². The van der Waals surface area contributed by atoms with E-state index in [0.717, 1.165) is 18.2 Å². The zero-order valence-corrected chi connectivity index (χ0v) is 8.57. The number of unbranched alkanes of at least 4 members (excludes halogenated alkanes) is 2. The Hall–Kier alpha value is 0.189. The van der Waals surface area contributed by atoms with Crippen molar-refractivity contribution in [2.75, 3.05) is 0 Å². The molecular weight excluding hydrogens is 191 g/mol. The van der Waals surface area contributed by atoms with Gasteiger partial charge in [0.2, 0.25) is 0 Å². The first kappa shape index (κ1) is 10.2. The third-order valence-corrected chi connectivity index (χ3v) is 3.00. The van der Waals surface area contributed by atoms with Crippen molar-refractivity contribution in [1.29, 1.82) is 0 Å². The molecule has 0 aromatic carbocycles. The van der Waals surface area contributed by atoms with Crippen LogP contribution >= 0.6 is 0 Å². The summed E-state index contributed by atoms with van der Waals surface area (Å²) in [5.41, 5.74) is 0. The van der Waals surface area contributed by atoms with Gasteiger partial charge in [-0.3, -0.25) is 0 Å². The quantitative estimate of drug-likeness (QED) is 0.482. The van der Waals surface area contributed by atoms with Crippen molar-refractivity contribution in [3.8, 4) is 0 Å². The molecule has 0 aliphatic carbocycles. The minimum absolute atomic E-state index is 0.285. The number of hydrogen-bond donors (Lipinski definition) is 0. The van der Waals surface area contributed by atoms with Gasteiger partial charge < -0.3 is 0 Å². The monoisotopic (exact) mass is 208 g/mol. The third kappa shape index (κ3) is 6.31. The SMILES string of the molecule is CCCCCC(=O)[Se]CC. The predicted octanol–water partition coefficient (Wildman–Crippen LogP) is 2.24. The van der Waals surface area contributed by atoms with Crippen LogP contribution in [-0.2, 0) is 4.79 Å². The summed E-state index contributed by atoms with van der Waals surface area (Å²) < 4.78 is 0.503. The molecule has 0 saturated heterocycles. The van der Waals surface area contributed by atoms with Gasteiger partial charge >= 0.3 is 69.3 Å². The maximum atomic E-state index is 10.9. The summed E-state index contributed by atoms with van der Waals surface area (Å²) in [6.07, 6.45) is 4.37. The van der Waals surface area contributed by atoms with Crippen LogP contribution in [0.15, 0.2) is 0 Å². The Morgan fingerprint density at radius 2 is 2.00 bits per heavy atom. The van der Waals surface area contributed by atoms with Crippen LogP contribution in [-0.4, -0.2) is 19.6 Å². The molecule has 0 aromatic heterocycles. The first-order valence-corrected chi connectivity index (χ1v) is 6.03. The summed E-state index contributed by atoms with van der Waals surface area (Å²) in [6, 6.07) is 0. The van der Waals surface area contributed by atoms with Gasteiger partial charge in [-0.2, -0.15) is 0 Å². The van der Waals surface area contributed by atoms with Gasteiger partial charge in [-0.15, -0.1) is 0 Å². The number of carbonyl (C=O) groups is 1. The molecule has 0 saturated carbocycles. The fraction of sp³-hybridized carbons (Fsp3) is 0.875. The van der Waals surface area contributed by atoms with Crippen LogP contribution < -0.4 is 0 Å². The second kappa shape index (κ2) is 7.30. The van der Waals surface area contributed by atoms with Gasteiger partial charge in [0, 0.05) is 0 Å². The molecule has 2 heteroatoms. The van der Waals surface area contributed by atoms with Crippen molar-refractivity contribution >= 4 is 19.6 Å². The molecule has 1 nitrogen and oxygen atoms in total. The molecule has 0 amide bonds. The van der Waals surface area contributed by atoms with E-state index in [4.69, 9.17) is 0 Å². The molecule has 0 unspecified atom stereocenters. The minimum atomic E-state index is 0.285. The topological polar surface area (TPSA) is 17.1 Å². The summed E-state index contributed by atoms with van der Waals surface area (Å²) >= 11 is 0.285. The van der Waals surface area contributed by atoms with Gasteiger partial charge in [0.1, 0.15) is 0 Å². The van der Waals surface area contributed by atoms with E-state index >= 15 is 0 Å². The molecule has 0 rings (SSSR count). The van der Waals surface area contributed by atoms with Crippen molar-refractivity contribution in [3.05, 3.63) is 0 Å². The molecule has 60 valence electrons. The molecule has 0 aliphatic heterocycles. The van der Waals surface area contributed by atoms with Crippen LogP contribution in [0.1, 0.15) is 39.5 Å². The molecule has 0 N–H and O–H groups in total. The van der Waals surface area contributed by atoms with E-state index in [1.165, 1.54) is 12.8 Å². The van der Waals surface area contributed by atoms with Crippen molar-refractivity contribution < 1.29 is 4.79 Å². The van der Waals surface area contributed by atoms with E-state index in [1.807, 2.05) is 0 Å². The molecule has 0 aromatic rings. The normalized spacial score (nSPS) is 9.80. The summed E-state index contributed by atoms with van der Waals surface area (Å²) in [4.78, 5) is 10.9. The molecule has 0 aliphatic rings. The van der Waals surface area contributed by atoms with Gasteiger partial charge in [0.15, 0.2) is 0 Å². The summed E-state index contributed by atoms with van der Waals surface area (Å²) in [6.45, 7) is 4.24. The summed E-state index contributed by atoms with van der Waals surface area (Å²) in [5.74, 6) is 0. The van der Waals surface area contributed by atoms with Crippen molar-refractivity contribution in [1.82, 2.24) is 0 Å². The fourth-order valence-electron chi connectivity index (χ4n) is 0.752. The van der Waals surface area contributed by atoms with E-state index in [-0.39, 0.29) is 15.0 Å². The Morgan fingerprint density at radius 1 is 1.30 bits per heavy atom. The summed E-state index contributed by atoms with van der Waals surface area (Å²) in [5, 5.41) is 1.07. The molecule has 10 heavy (non-hydrogen) atoms. The van der Waals surface area contributed by atoms with E-state index in [1.54, 1.807) is 0 Å². The number of carbonyl (C=O) groups excluding carboxylic acids is 1. The number of hydrogen-bond acceptors (Lipinski definition) is 1. The van der Waals surface area contributed by atoms with Crippen LogP contribution in [0.3, 0.4) is 0 Å². The van der Waals surface area contributed by atoms with Crippen LogP contribution in [0.4, 0.5) is 0 Å².